The Labute approximate surface area is 166 Å². The molecule has 6 nitrogen and oxygen atoms in total. The molecule has 4 rings (SSSR count). The summed E-state index contributed by atoms with van der Waals surface area (Å²) in [7, 11) is 0. The van der Waals surface area contributed by atoms with Gasteiger partial charge in [-0.2, -0.15) is 0 Å². The van der Waals surface area contributed by atoms with Gasteiger partial charge in [-0.15, -0.1) is 0 Å². The number of benzene rings is 2. The number of aromatic nitrogens is 2. The van der Waals surface area contributed by atoms with Crippen molar-refractivity contribution < 1.29 is 4.79 Å². The van der Waals surface area contributed by atoms with Crippen LogP contribution in [0.25, 0.3) is 16.6 Å². The second kappa shape index (κ2) is 6.95. The summed E-state index contributed by atoms with van der Waals surface area (Å²) in [6.07, 6.45) is 1.91. The molecular formula is C21H20ClN3O3. The molecule has 0 radical (unpaired) electrons. The first-order valence-electron chi connectivity index (χ1n) is 9.21. The molecule has 28 heavy (non-hydrogen) atoms. The van der Waals surface area contributed by atoms with Crippen molar-refractivity contribution in [3.8, 4) is 5.69 Å². The van der Waals surface area contributed by atoms with Gasteiger partial charge >= 0.3 is 5.69 Å². The number of rotatable bonds is 4. The summed E-state index contributed by atoms with van der Waals surface area (Å²) in [6, 6.07) is 11.3. The Kier molecular flexibility index (Phi) is 4.59. The van der Waals surface area contributed by atoms with Gasteiger partial charge in [0.05, 0.1) is 16.6 Å². The number of nitrogens with zero attached hydrogens (tertiary/aromatic N) is 2. The van der Waals surface area contributed by atoms with E-state index in [0.717, 1.165) is 23.0 Å². The topological polar surface area (TPSA) is 73.1 Å². The standard InChI is InChI=1S/C21H20ClN3O3/c1-12-7-10-15(11-17(12)22)25-20(27)16-5-3-4-6-18(16)24(21(25)28)13(2)19(26)23-14-8-9-14/h3-7,10-11,13-14H,8-9H2,1-2H3,(H,23,26)/t13-/m1/s1. The van der Waals surface area contributed by atoms with Crippen molar-refractivity contribution in [1.29, 1.82) is 0 Å². The van der Waals surface area contributed by atoms with Crippen LogP contribution in [0.5, 0.6) is 0 Å². The third-order valence-corrected chi connectivity index (χ3v) is 5.51. The zero-order chi connectivity index (χ0) is 20.0. The van der Waals surface area contributed by atoms with Crippen molar-refractivity contribution in [2.75, 3.05) is 0 Å². The minimum absolute atomic E-state index is 0.179. The summed E-state index contributed by atoms with van der Waals surface area (Å²) in [5, 5.41) is 3.75. The molecule has 1 aliphatic rings. The molecule has 0 saturated heterocycles. The molecule has 1 aliphatic carbocycles. The van der Waals surface area contributed by atoms with Gasteiger partial charge in [-0.05, 0) is 56.5 Å². The fourth-order valence-electron chi connectivity index (χ4n) is 3.27. The number of fused-ring (bicyclic) bond motifs is 1. The van der Waals surface area contributed by atoms with Crippen molar-refractivity contribution in [3.63, 3.8) is 0 Å². The minimum Gasteiger partial charge on any atom is -0.352 e. The zero-order valence-electron chi connectivity index (χ0n) is 15.6. The number of hydrogen-bond acceptors (Lipinski definition) is 3. The van der Waals surface area contributed by atoms with E-state index in [9.17, 15) is 14.4 Å². The van der Waals surface area contributed by atoms with Crippen molar-refractivity contribution in [1.82, 2.24) is 14.5 Å². The van der Waals surface area contributed by atoms with Crippen molar-refractivity contribution in [2.45, 2.75) is 38.8 Å². The van der Waals surface area contributed by atoms with Gasteiger partial charge in [0, 0.05) is 11.1 Å². The van der Waals surface area contributed by atoms with Crippen molar-refractivity contribution in [2.24, 2.45) is 0 Å². The SMILES string of the molecule is Cc1ccc(-n2c(=O)c3ccccc3n([C@H](C)C(=O)NC3CC3)c2=O)cc1Cl. The highest BCUT2D eigenvalue weighted by molar-refractivity contribution is 6.31. The molecule has 1 aromatic heterocycles. The number of hydrogen-bond donors (Lipinski definition) is 1. The van der Waals surface area contributed by atoms with Crippen LogP contribution in [0.4, 0.5) is 0 Å². The molecule has 1 saturated carbocycles. The van der Waals surface area contributed by atoms with Gasteiger partial charge in [0.2, 0.25) is 5.91 Å². The summed E-state index contributed by atoms with van der Waals surface area (Å²) in [6.45, 7) is 3.51. The number of halogens is 1. The Morgan fingerprint density at radius 3 is 2.57 bits per heavy atom. The van der Waals surface area contributed by atoms with E-state index >= 15 is 0 Å². The number of para-hydroxylation sites is 1. The Hall–Kier alpha value is -2.86. The van der Waals surface area contributed by atoms with Crippen LogP contribution in [0.2, 0.25) is 5.02 Å². The molecule has 1 fully saturated rings. The molecule has 0 unspecified atom stereocenters. The molecule has 1 N–H and O–H groups in total. The lowest BCUT2D eigenvalue weighted by molar-refractivity contribution is -0.124. The fraction of sp³-hybridized carbons (Fsp3) is 0.286. The molecule has 0 aliphatic heterocycles. The molecule has 0 bridgehead atoms. The third-order valence-electron chi connectivity index (χ3n) is 5.10. The summed E-state index contributed by atoms with van der Waals surface area (Å²) in [5.74, 6) is -0.234. The van der Waals surface area contributed by atoms with Crippen LogP contribution in [-0.2, 0) is 4.79 Å². The first-order chi connectivity index (χ1) is 13.4. The maximum absolute atomic E-state index is 13.4. The second-order valence-corrected chi connectivity index (χ2v) is 7.61. The lowest BCUT2D eigenvalue weighted by Gasteiger charge is -2.19. The van der Waals surface area contributed by atoms with E-state index in [1.807, 2.05) is 6.92 Å². The van der Waals surface area contributed by atoms with Crippen LogP contribution in [0, 0.1) is 6.92 Å². The smallest absolute Gasteiger partial charge is 0.336 e. The van der Waals surface area contributed by atoms with Crippen molar-refractivity contribution >= 4 is 28.4 Å². The van der Waals surface area contributed by atoms with E-state index in [1.165, 1.54) is 4.57 Å². The van der Waals surface area contributed by atoms with E-state index in [-0.39, 0.29) is 11.9 Å². The molecule has 144 valence electrons. The Balaban J connectivity index is 1.98. The van der Waals surface area contributed by atoms with Gasteiger partial charge in [0.25, 0.3) is 5.56 Å². The molecule has 1 heterocycles. The average Bonchev–Trinajstić information content (AvgIpc) is 3.48. The highest BCUT2D eigenvalue weighted by Gasteiger charge is 2.28. The number of aryl methyl sites for hydroxylation is 1. The number of amides is 1. The lowest BCUT2D eigenvalue weighted by Crippen LogP contribution is -2.44. The van der Waals surface area contributed by atoms with E-state index < -0.39 is 17.3 Å². The molecule has 7 heteroatoms. The van der Waals surface area contributed by atoms with Crippen LogP contribution < -0.4 is 16.6 Å². The molecule has 1 amide bonds. The minimum atomic E-state index is -0.759. The van der Waals surface area contributed by atoms with E-state index in [0.29, 0.717) is 21.6 Å². The largest absolute Gasteiger partial charge is 0.352 e. The number of carbonyl (C=O) groups is 1. The van der Waals surface area contributed by atoms with Gasteiger partial charge in [-0.1, -0.05) is 29.8 Å². The normalized spacial score (nSPS) is 14.8. The molecule has 1 atom stereocenters. The monoisotopic (exact) mass is 397 g/mol. The van der Waals surface area contributed by atoms with Crippen LogP contribution in [-0.4, -0.2) is 21.1 Å². The summed E-state index contributed by atoms with van der Waals surface area (Å²) < 4.78 is 2.46. The van der Waals surface area contributed by atoms with Crippen molar-refractivity contribution in [3.05, 3.63) is 73.9 Å². The fourth-order valence-corrected chi connectivity index (χ4v) is 3.45. The van der Waals surface area contributed by atoms with Gasteiger partial charge in [0.15, 0.2) is 0 Å². The van der Waals surface area contributed by atoms with Gasteiger partial charge in [-0.25, -0.2) is 9.36 Å². The molecular weight excluding hydrogens is 378 g/mol. The maximum atomic E-state index is 13.4. The summed E-state index contributed by atoms with van der Waals surface area (Å²) in [5.41, 5.74) is 0.649. The van der Waals surface area contributed by atoms with Gasteiger partial charge < -0.3 is 5.32 Å². The van der Waals surface area contributed by atoms with Crippen LogP contribution in [0.15, 0.2) is 52.1 Å². The zero-order valence-corrected chi connectivity index (χ0v) is 16.4. The first kappa shape index (κ1) is 18.5. The first-order valence-corrected chi connectivity index (χ1v) is 9.59. The maximum Gasteiger partial charge on any atom is 0.336 e. The molecule has 3 aromatic rings. The average molecular weight is 398 g/mol. The van der Waals surface area contributed by atoms with Crippen LogP contribution >= 0.6 is 11.6 Å². The van der Waals surface area contributed by atoms with Gasteiger partial charge in [0.1, 0.15) is 6.04 Å². The Morgan fingerprint density at radius 1 is 1.18 bits per heavy atom. The third kappa shape index (κ3) is 3.14. The predicted octanol–water partition coefficient (Wildman–Crippen LogP) is 2.95. The van der Waals surface area contributed by atoms with E-state index in [4.69, 9.17) is 11.6 Å². The summed E-state index contributed by atoms with van der Waals surface area (Å²) in [4.78, 5) is 39.1. The quantitative estimate of drug-likeness (QED) is 0.735. The Bertz CT molecular complexity index is 1210. The van der Waals surface area contributed by atoms with Crippen LogP contribution in [0.1, 0.15) is 31.4 Å². The van der Waals surface area contributed by atoms with E-state index in [1.54, 1.807) is 49.4 Å². The van der Waals surface area contributed by atoms with E-state index in [2.05, 4.69) is 5.32 Å². The number of carbonyl (C=O) groups excluding carboxylic acids is 1. The lowest BCUT2D eigenvalue weighted by atomic mass is 10.2. The Morgan fingerprint density at radius 2 is 1.89 bits per heavy atom. The molecule has 0 spiro atoms. The predicted molar refractivity (Wildman–Crippen MR) is 109 cm³/mol. The molecule has 2 aromatic carbocycles. The highest BCUT2D eigenvalue weighted by Crippen LogP contribution is 2.22. The summed E-state index contributed by atoms with van der Waals surface area (Å²) >= 11 is 6.22. The highest BCUT2D eigenvalue weighted by atomic mass is 35.5. The van der Waals surface area contributed by atoms with Gasteiger partial charge in [-0.3, -0.25) is 14.2 Å². The van der Waals surface area contributed by atoms with Crippen LogP contribution in [0.3, 0.4) is 0 Å². The number of nitrogens with one attached hydrogen (secondary N) is 1. The second-order valence-electron chi connectivity index (χ2n) is 7.20.